The van der Waals surface area contributed by atoms with Crippen molar-refractivity contribution in [2.75, 3.05) is 31.1 Å². The Morgan fingerprint density at radius 3 is 2.47 bits per heavy atom. The zero-order valence-electron chi connectivity index (χ0n) is 33.4. The monoisotopic (exact) mass is 814 g/mol. The van der Waals surface area contributed by atoms with E-state index >= 15 is 0 Å². The molecule has 0 bridgehead atoms. The number of phenolic OH excluding ortho intramolecular Hbond substituents is 2. The summed E-state index contributed by atoms with van der Waals surface area (Å²) in [6, 6.07) is 13.3. The van der Waals surface area contributed by atoms with E-state index in [0.717, 1.165) is 16.5 Å². The zero-order chi connectivity index (χ0) is 42.2. The third-order valence-electron chi connectivity index (χ3n) is 11.9. The molecular formula is C43H42N8O9. The molecule has 2 aromatic carbocycles. The van der Waals surface area contributed by atoms with Gasteiger partial charge in [-0.25, -0.2) is 34.0 Å². The second kappa shape index (κ2) is 14.4. The minimum absolute atomic E-state index is 0.0430. The van der Waals surface area contributed by atoms with Gasteiger partial charge in [-0.3, -0.25) is 4.79 Å². The van der Waals surface area contributed by atoms with Crippen molar-refractivity contribution in [1.29, 1.82) is 0 Å². The number of nitrogens with zero attached hydrogens (tertiary/aromatic N) is 7. The Labute approximate surface area is 342 Å². The maximum atomic E-state index is 13.7. The predicted octanol–water partition coefficient (Wildman–Crippen LogP) is 4.43. The van der Waals surface area contributed by atoms with Crippen LogP contribution in [0.2, 0.25) is 0 Å². The fraction of sp³-hybridized carbons (Fsp3) is 0.326. The Morgan fingerprint density at radius 1 is 0.983 bits per heavy atom. The van der Waals surface area contributed by atoms with Crippen LogP contribution in [-0.4, -0.2) is 87.8 Å². The number of fused-ring (bicyclic) bond motifs is 5. The van der Waals surface area contributed by atoms with E-state index in [1.54, 1.807) is 65.1 Å². The summed E-state index contributed by atoms with van der Waals surface area (Å²) in [6.45, 7) is 9.24. The van der Waals surface area contributed by atoms with Crippen LogP contribution in [0, 0.1) is 0 Å². The third kappa shape index (κ3) is 6.06. The number of phenols is 2. The highest BCUT2D eigenvalue weighted by Gasteiger charge is 2.45. The number of amides is 1. The fourth-order valence-electron chi connectivity index (χ4n) is 8.54. The van der Waals surface area contributed by atoms with Crippen molar-refractivity contribution in [2.45, 2.75) is 65.2 Å². The number of benzene rings is 2. The maximum Gasteiger partial charge on any atom is 0.415 e. The van der Waals surface area contributed by atoms with Crippen LogP contribution in [0.3, 0.4) is 0 Å². The van der Waals surface area contributed by atoms with Gasteiger partial charge in [0.15, 0.2) is 11.4 Å². The lowest BCUT2D eigenvalue weighted by Crippen LogP contribution is -2.49. The number of nitrogens with one attached hydrogen (secondary N) is 1. The molecule has 17 heteroatoms. The lowest BCUT2D eigenvalue weighted by atomic mass is 9.86. The number of pyridine rings is 3. The standard InChI is InChI=1S/C43H42N8O9/c1-5-25-27-15-24(8-9-32(27)45-37-29(25)20-50-33(37)17-31-30(39(50)54)21-59-40(55)43(31,58)6-2)60-42(57)49-13-11-48(12-14-49)36-10-7-23(19-44-36)51-38(46-47-41(51)56)28-16-26(22(3)4)34(52)18-35(28)53/h7-10,15-19,22,52-53,58H,5-6,11-14,20-21H2,1-4H3,(H,47,56)/t43-/m0/s1. The first-order chi connectivity index (χ1) is 28.8. The number of aromatic hydroxyl groups is 2. The molecule has 60 heavy (non-hydrogen) atoms. The van der Waals surface area contributed by atoms with Gasteiger partial charge >= 0.3 is 17.8 Å². The van der Waals surface area contributed by atoms with Gasteiger partial charge in [-0.05, 0) is 72.4 Å². The van der Waals surface area contributed by atoms with Crippen LogP contribution in [0.15, 0.2) is 64.3 Å². The number of rotatable bonds is 7. The predicted molar refractivity (Wildman–Crippen MR) is 219 cm³/mol. The van der Waals surface area contributed by atoms with Crippen LogP contribution in [0.4, 0.5) is 10.6 Å². The molecule has 0 aliphatic carbocycles. The number of carbonyl (C=O) groups is 2. The number of aryl methyl sites for hydroxylation is 1. The van der Waals surface area contributed by atoms with Crippen molar-refractivity contribution in [3.63, 3.8) is 0 Å². The Morgan fingerprint density at radius 2 is 1.77 bits per heavy atom. The largest absolute Gasteiger partial charge is 0.508 e. The van der Waals surface area contributed by atoms with Crippen molar-refractivity contribution in [2.24, 2.45) is 0 Å². The van der Waals surface area contributed by atoms with E-state index in [2.05, 4.69) is 15.2 Å². The van der Waals surface area contributed by atoms with Crippen molar-refractivity contribution < 1.29 is 34.4 Å². The number of carbonyl (C=O) groups excluding carboxylic acids is 2. The third-order valence-corrected chi connectivity index (χ3v) is 11.9. The van der Waals surface area contributed by atoms with E-state index in [0.29, 0.717) is 72.3 Å². The van der Waals surface area contributed by atoms with E-state index < -0.39 is 23.4 Å². The summed E-state index contributed by atoms with van der Waals surface area (Å²) in [4.78, 5) is 65.8. The number of aliphatic hydroxyl groups is 1. The van der Waals surface area contributed by atoms with E-state index in [9.17, 15) is 34.5 Å². The van der Waals surface area contributed by atoms with E-state index in [4.69, 9.17) is 14.5 Å². The van der Waals surface area contributed by atoms with Gasteiger partial charge < -0.3 is 39.2 Å². The number of ether oxygens (including phenoxy) is 2. The second-order valence-corrected chi connectivity index (χ2v) is 15.5. The van der Waals surface area contributed by atoms with Gasteiger partial charge in [0.1, 0.15) is 29.7 Å². The molecule has 3 aliphatic heterocycles. The molecule has 0 unspecified atom stereocenters. The number of cyclic esters (lactones) is 1. The zero-order valence-corrected chi connectivity index (χ0v) is 33.4. The summed E-state index contributed by atoms with van der Waals surface area (Å²) in [7, 11) is 0. The minimum Gasteiger partial charge on any atom is -0.508 e. The van der Waals surface area contributed by atoms with Crippen molar-refractivity contribution in [3.05, 3.63) is 103 Å². The summed E-state index contributed by atoms with van der Waals surface area (Å²) in [6.07, 6.45) is 1.70. The summed E-state index contributed by atoms with van der Waals surface area (Å²) in [5.41, 5.74) is 2.64. The summed E-state index contributed by atoms with van der Waals surface area (Å²) in [5, 5.41) is 39.6. The molecule has 7 heterocycles. The highest BCUT2D eigenvalue weighted by molar-refractivity contribution is 5.90. The van der Waals surface area contributed by atoms with E-state index in [1.807, 2.05) is 25.7 Å². The van der Waals surface area contributed by atoms with Crippen molar-refractivity contribution in [1.82, 2.24) is 34.2 Å². The van der Waals surface area contributed by atoms with Crippen LogP contribution in [0.1, 0.15) is 67.9 Å². The van der Waals surface area contributed by atoms with Gasteiger partial charge in [0, 0.05) is 48.8 Å². The van der Waals surface area contributed by atoms with E-state index in [-0.39, 0.29) is 65.1 Å². The topological polar surface area (TPSA) is 218 Å². The van der Waals surface area contributed by atoms with Crippen LogP contribution in [-0.2, 0) is 34.7 Å². The Hall–Kier alpha value is -7.01. The van der Waals surface area contributed by atoms with Gasteiger partial charge in [0.05, 0.1) is 46.5 Å². The number of esters is 1. The molecule has 1 saturated heterocycles. The van der Waals surface area contributed by atoms with E-state index in [1.165, 1.54) is 10.6 Å². The molecule has 4 N–H and O–H groups in total. The van der Waals surface area contributed by atoms with Gasteiger partial charge in [-0.1, -0.05) is 27.7 Å². The molecule has 0 saturated carbocycles. The molecule has 4 aromatic heterocycles. The summed E-state index contributed by atoms with van der Waals surface area (Å²) in [5.74, 6) is 0.0774. The van der Waals surface area contributed by atoms with Crippen LogP contribution >= 0.6 is 0 Å². The molecule has 17 nitrogen and oxygen atoms in total. The number of piperazine rings is 1. The number of aromatic nitrogens is 6. The first kappa shape index (κ1) is 38.5. The second-order valence-electron chi connectivity index (χ2n) is 15.5. The molecule has 0 spiro atoms. The lowest BCUT2D eigenvalue weighted by Gasteiger charge is -2.34. The maximum absolute atomic E-state index is 13.7. The fourth-order valence-corrected chi connectivity index (χ4v) is 8.54. The molecule has 9 rings (SSSR count). The highest BCUT2D eigenvalue weighted by atomic mass is 16.6. The number of anilines is 1. The molecule has 1 atom stereocenters. The number of H-pyrrole nitrogens is 1. The normalized spacial score (nSPS) is 17.1. The Bertz CT molecular complexity index is 2870. The molecule has 308 valence electrons. The number of aromatic amines is 1. The Balaban J connectivity index is 0.898. The van der Waals surface area contributed by atoms with Gasteiger partial charge in [0.25, 0.3) is 5.56 Å². The molecule has 3 aliphatic rings. The van der Waals surface area contributed by atoms with Crippen LogP contribution in [0.5, 0.6) is 17.2 Å². The lowest BCUT2D eigenvalue weighted by molar-refractivity contribution is -0.172. The van der Waals surface area contributed by atoms with Crippen molar-refractivity contribution >= 4 is 28.8 Å². The molecule has 6 aromatic rings. The first-order valence-corrected chi connectivity index (χ1v) is 19.9. The van der Waals surface area contributed by atoms with Crippen LogP contribution < -0.4 is 20.9 Å². The average Bonchev–Trinajstić information content (AvgIpc) is 3.81. The minimum atomic E-state index is -1.92. The number of hydrogen-bond donors (Lipinski definition) is 4. The average molecular weight is 815 g/mol. The number of hydrogen-bond acceptors (Lipinski definition) is 13. The van der Waals surface area contributed by atoms with Crippen LogP contribution in [0.25, 0.3) is 39.4 Å². The molecule has 1 fully saturated rings. The summed E-state index contributed by atoms with van der Waals surface area (Å²) >= 11 is 0. The molecule has 1 amide bonds. The van der Waals surface area contributed by atoms with Gasteiger partial charge in [0.2, 0.25) is 0 Å². The molecular weight excluding hydrogens is 773 g/mol. The molecule has 0 radical (unpaired) electrons. The highest BCUT2D eigenvalue weighted by Crippen LogP contribution is 2.41. The van der Waals surface area contributed by atoms with Gasteiger partial charge in [-0.2, -0.15) is 5.10 Å². The SMILES string of the molecule is CCc1c2c(nc3ccc(OC(=O)N4CCN(c5ccc(-n6c(-c7cc(C(C)C)c(O)cc7O)n[nH]c6=O)cn5)CC4)cc13)-c1cc3c(c(=O)n1C2)COC(=O)[C@]3(O)CC. The Kier molecular flexibility index (Phi) is 9.22. The van der Waals surface area contributed by atoms with Crippen molar-refractivity contribution in [3.8, 4) is 45.7 Å². The van der Waals surface area contributed by atoms with Gasteiger partial charge in [-0.15, -0.1) is 0 Å². The quantitative estimate of drug-likeness (QED) is 0.164. The smallest absolute Gasteiger partial charge is 0.415 e. The summed E-state index contributed by atoms with van der Waals surface area (Å²) < 4.78 is 14.0. The first-order valence-electron chi connectivity index (χ1n) is 19.9.